The number of hydrogen-bond acceptors (Lipinski definition) is 3. The highest BCUT2D eigenvalue weighted by atomic mass is 32.1. The van der Waals surface area contributed by atoms with Crippen molar-refractivity contribution in [1.29, 1.82) is 0 Å². The van der Waals surface area contributed by atoms with Gasteiger partial charge in [0.1, 0.15) is 11.2 Å². The van der Waals surface area contributed by atoms with E-state index in [0.29, 0.717) is 0 Å². The lowest BCUT2D eigenvalue weighted by Gasteiger charge is -2.15. The van der Waals surface area contributed by atoms with Crippen molar-refractivity contribution >= 4 is 80.9 Å². The molecule has 0 radical (unpaired) electrons. The largest absolute Gasteiger partial charge is 0.456 e. The first-order chi connectivity index (χ1) is 25.2. The van der Waals surface area contributed by atoms with Crippen LogP contribution in [0.3, 0.4) is 0 Å². The molecule has 51 heavy (non-hydrogen) atoms. The topological polar surface area (TPSA) is 13.1 Å². The SMILES string of the molecule is C1=Cc2c(sc3cccc(-c4cc(-c5cccc(-c6ccc7oc8ccccc8c7c6)c5)cc(-c5cccc6sc7ccccc7c56)c4)c23)CC1. The van der Waals surface area contributed by atoms with Crippen molar-refractivity contribution < 1.29 is 4.42 Å². The number of hydrogen-bond donors (Lipinski definition) is 0. The van der Waals surface area contributed by atoms with Gasteiger partial charge in [-0.3, -0.25) is 0 Å². The number of allylic oxidation sites excluding steroid dienone is 1. The molecule has 1 aliphatic carbocycles. The van der Waals surface area contributed by atoms with E-state index in [-0.39, 0.29) is 0 Å². The lowest BCUT2D eigenvalue weighted by atomic mass is 9.89. The van der Waals surface area contributed by atoms with E-state index in [1.54, 1.807) is 0 Å². The highest BCUT2D eigenvalue weighted by Crippen LogP contribution is 2.45. The van der Waals surface area contributed by atoms with E-state index in [2.05, 4.69) is 146 Å². The summed E-state index contributed by atoms with van der Waals surface area (Å²) in [5, 5.41) is 6.34. The minimum Gasteiger partial charge on any atom is -0.456 e. The summed E-state index contributed by atoms with van der Waals surface area (Å²) in [7, 11) is 0. The number of benzene rings is 7. The van der Waals surface area contributed by atoms with Crippen LogP contribution >= 0.6 is 22.7 Å². The van der Waals surface area contributed by atoms with Crippen molar-refractivity contribution in [3.63, 3.8) is 0 Å². The molecule has 0 spiro atoms. The molecule has 0 atom stereocenters. The van der Waals surface area contributed by atoms with Gasteiger partial charge in [0, 0.05) is 45.9 Å². The van der Waals surface area contributed by atoms with Crippen LogP contribution in [0.15, 0.2) is 156 Å². The summed E-state index contributed by atoms with van der Waals surface area (Å²) in [6.45, 7) is 0. The maximum atomic E-state index is 6.15. The summed E-state index contributed by atoms with van der Waals surface area (Å²) >= 11 is 3.84. The molecule has 1 nitrogen and oxygen atoms in total. The lowest BCUT2D eigenvalue weighted by Crippen LogP contribution is -1.90. The van der Waals surface area contributed by atoms with Gasteiger partial charge in [-0.2, -0.15) is 0 Å². The van der Waals surface area contributed by atoms with Gasteiger partial charge in [0.15, 0.2) is 0 Å². The average Bonchev–Trinajstić information content (AvgIpc) is 3.88. The van der Waals surface area contributed by atoms with Gasteiger partial charge < -0.3 is 4.42 Å². The molecule has 0 amide bonds. The molecule has 0 N–H and O–H groups in total. The highest BCUT2D eigenvalue weighted by molar-refractivity contribution is 7.26. The zero-order valence-corrected chi connectivity index (χ0v) is 29.3. The third kappa shape index (κ3) is 4.66. The number of furan rings is 1. The number of thiophene rings is 2. The Bertz CT molecular complexity index is 3040. The first-order valence-corrected chi connectivity index (χ1v) is 19.2. The Labute approximate surface area is 303 Å². The van der Waals surface area contributed by atoms with Crippen LogP contribution in [0.2, 0.25) is 0 Å². The highest BCUT2D eigenvalue weighted by Gasteiger charge is 2.19. The maximum Gasteiger partial charge on any atom is 0.135 e. The third-order valence-electron chi connectivity index (χ3n) is 10.5. The molecule has 3 heteroatoms. The monoisotopic (exact) mass is 686 g/mol. The molecule has 3 aromatic heterocycles. The predicted molar refractivity (Wildman–Crippen MR) is 221 cm³/mol. The molecule has 0 bridgehead atoms. The summed E-state index contributed by atoms with van der Waals surface area (Å²) < 4.78 is 10.2. The number of aryl methyl sites for hydroxylation is 1. The quantitative estimate of drug-likeness (QED) is 0.180. The number of fused-ring (bicyclic) bond motifs is 9. The van der Waals surface area contributed by atoms with Crippen molar-refractivity contribution in [2.75, 3.05) is 0 Å². The van der Waals surface area contributed by atoms with Gasteiger partial charge in [-0.1, -0.05) is 97.1 Å². The summed E-state index contributed by atoms with van der Waals surface area (Å²) in [6, 6.07) is 53.6. The second kappa shape index (κ2) is 11.4. The first kappa shape index (κ1) is 29.0. The molecule has 7 aromatic carbocycles. The first-order valence-electron chi connectivity index (χ1n) is 17.5. The Morgan fingerprint density at radius 2 is 1.06 bits per heavy atom. The molecule has 0 saturated carbocycles. The van der Waals surface area contributed by atoms with Gasteiger partial charge in [0.25, 0.3) is 0 Å². The Hall–Kier alpha value is -5.74. The van der Waals surface area contributed by atoms with Crippen molar-refractivity contribution in [3.05, 3.63) is 162 Å². The van der Waals surface area contributed by atoms with Gasteiger partial charge in [0.2, 0.25) is 0 Å². The Kier molecular flexibility index (Phi) is 6.49. The second-order valence-electron chi connectivity index (χ2n) is 13.5. The standard InChI is InChI=1S/C48H30OS2/c1-4-17-41-37(12-1)40-28-31(22-23-42(40)49-41)29-10-7-11-30(24-29)32-25-33(35-15-8-20-45-47(35)38-13-2-5-18-43(38)50-45)27-34(26-32)36-16-9-21-46-48(36)39-14-3-6-19-44(39)51-46/h1-5,7-18,20-28H,6,19H2. The summed E-state index contributed by atoms with van der Waals surface area (Å²) in [6.07, 6.45) is 6.93. The molecule has 10 aromatic rings. The van der Waals surface area contributed by atoms with Crippen LogP contribution in [0, 0.1) is 0 Å². The minimum absolute atomic E-state index is 0.920. The molecular weight excluding hydrogens is 657 g/mol. The normalized spacial score (nSPS) is 12.9. The van der Waals surface area contributed by atoms with E-state index >= 15 is 0 Å². The van der Waals surface area contributed by atoms with E-state index in [1.807, 2.05) is 34.8 Å². The lowest BCUT2D eigenvalue weighted by molar-refractivity contribution is 0.669. The van der Waals surface area contributed by atoms with Gasteiger partial charge in [0.05, 0.1) is 0 Å². The number of para-hydroxylation sites is 1. The van der Waals surface area contributed by atoms with E-state index < -0.39 is 0 Å². The molecule has 0 saturated heterocycles. The van der Waals surface area contributed by atoms with E-state index in [0.717, 1.165) is 34.8 Å². The maximum absolute atomic E-state index is 6.15. The summed E-state index contributed by atoms with van der Waals surface area (Å²) in [5.74, 6) is 0. The molecule has 240 valence electrons. The smallest absolute Gasteiger partial charge is 0.135 e. The zero-order valence-electron chi connectivity index (χ0n) is 27.7. The molecule has 3 heterocycles. The van der Waals surface area contributed by atoms with Crippen LogP contribution in [-0.2, 0) is 6.42 Å². The van der Waals surface area contributed by atoms with Crippen LogP contribution < -0.4 is 0 Å². The molecular formula is C48H30OS2. The fourth-order valence-electron chi connectivity index (χ4n) is 8.14. The second-order valence-corrected chi connectivity index (χ2v) is 15.7. The predicted octanol–water partition coefficient (Wildman–Crippen LogP) is 14.8. The van der Waals surface area contributed by atoms with Crippen LogP contribution in [0.1, 0.15) is 16.9 Å². The Morgan fingerprint density at radius 1 is 0.431 bits per heavy atom. The van der Waals surface area contributed by atoms with Crippen molar-refractivity contribution in [2.45, 2.75) is 12.8 Å². The molecule has 11 rings (SSSR count). The van der Waals surface area contributed by atoms with Crippen LogP contribution in [0.5, 0.6) is 0 Å². The van der Waals surface area contributed by atoms with E-state index in [1.165, 1.54) is 85.2 Å². The Balaban J connectivity index is 1.14. The van der Waals surface area contributed by atoms with Crippen molar-refractivity contribution in [1.82, 2.24) is 0 Å². The summed E-state index contributed by atoms with van der Waals surface area (Å²) in [4.78, 5) is 1.50. The average molecular weight is 687 g/mol. The van der Waals surface area contributed by atoms with Crippen LogP contribution in [0.4, 0.5) is 0 Å². The van der Waals surface area contributed by atoms with Crippen LogP contribution in [-0.4, -0.2) is 0 Å². The molecule has 0 fully saturated rings. The van der Waals surface area contributed by atoms with Gasteiger partial charge in [-0.25, -0.2) is 0 Å². The Morgan fingerprint density at radius 3 is 1.92 bits per heavy atom. The summed E-state index contributed by atoms with van der Waals surface area (Å²) in [5.41, 5.74) is 13.1. The molecule has 0 unspecified atom stereocenters. The number of rotatable bonds is 4. The fourth-order valence-corrected chi connectivity index (χ4v) is 10.5. The molecule has 0 aliphatic heterocycles. The van der Waals surface area contributed by atoms with E-state index in [9.17, 15) is 0 Å². The van der Waals surface area contributed by atoms with Crippen molar-refractivity contribution in [3.8, 4) is 44.5 Å². The van der Waals surface area contributed by atoms with Gasteiger partial charge in [-0.05, 0) is 124 Å². The third-order valence-corrected chi connectivity index (χ3v) is 12.9. The van der Waals surface area contributed by atoms with Crippen molar-refractivity contribution in [2.24, 2.45) is 0 Å². The fraction of sp³-hybridized carbons (Fsp3) is 0.0417. The molecule has 1 aliphatic rings. The van der Waals surface area contributed by atoms with Crippen LogP contribution in [0.25, 0.3) is 103 Å². The zero-order chi connectivity index (χ0) is 33.5. The van der Waals surface area contributed by atoms with Gasteiger partial charge in [-0.15, -0.1) is 22.7 Å². The minimum atomic E-state index is 0.920. The van der Waals surface area contributed by atoms with E-state index in [4.69, 9.17) is 4.42 Å². The van der Waals surface area contributed by atoms with Gasteiger partial charge >= 0.3 is 0 Å².